The number of hydrogen-bond donors (Lipinski definition) is 1. The first-order chi connectivity index (χ1) is 9.70. The molecule has 0 aliphatic carbocycles. The number of carbonyl (C=O) groups is 1. The lowest BCUT2D eigenvalue weighted by atomic mass is 10.1. The van der Waals surface area contributed by atoms with Crippen molar-refractivity contribution in [3.63, 3.8) is 0 Å². The summed E-state index contributed by atoms with van der Waals surface area (Å²) in [7, 11) is 1.31. The van der Waals surface area contributed by atoms with Crippen molar-refractivity contribution in [2.24, 2.45) is 5.10 Å². The first-order valence-corrected chi connectivity index (χ1v) is 6.94. The third kappa shape index (κ3) is 3.73. The Morgan fingerprint density at radius 1 is 1.20 bits per heavy atom. The number of hydrogen-bond acceptors (Lipinski definition) is 4. The maximum Gasteiger partial charge on any atom is 0.427 e. The van der Waals surface area contributed by atoms with Crippen molar-refractivity contribution in [3.8, 4) is 0 Å². The molecule has 108 valence electrons. The summed E-state index contributed by atoms with van der Waals surface area (Å²) in [6, 6.07) is 8.28. The smallest absolute Gasteiger partial charge is 0.427 e. The number of nitrogens with one attached hydrogen (secondary N) is 1. The van der Waals surface area contributed by atoms with E-state index >= 15 is 0 Å². The number of nitrogens with zero attached hydrogens (tertiary/aromatic N) is 2. The normalized spacial score (nSPS) is 15.9. The van der Waals surface area contributed by atoms with Crippen molar-refractivity contribution in [1.82, 2.24) is 5.43 Å². The molecule has 1 aliphatic rings. The van der Waals surface area contributed by atoms with E-state index in [2.05, 4.69) is 32.3 Å². The zero-order valence-electron chi connectivity index (χ0n) is 12.1. The third-order valence-corrected chi connectivity index (χ3v) is 3.51. The van der Waals surface area contributed by atoms with Gasteiger partial charge in [0.15, 0.2) is 0 Å². The topological polar surface area (TPSA) is 53.9 Å². The lowest BCUT2D eigenvalue weighted by Gasteiger charge is -2.28. The molecular formula is C15H21N3O2. The third-order valence-electron chi connectivity index (χ3n) is 3.51. The van der Waals surface area contributed by atoms with Crippen LogP contribution in [0.25, 0.3) is 0 Å². The summed E-state index contributed by atoms with van der Waals surface area (Å²) in [6.07, 6.45) is 3.31. The number of hydrazone groups is 1. The van der Waals surface area contributed by atoms with E-state index in [-0.39, 0.29) is 0 Å². The number of methoxy groups -OCH3 is 1. The quantitative estimate of drug-likeness (QED) is 0.681. The van der Waals surface area contributed by atoms with Gasteiger partial charge < -0.3 is 9.64 Å². The molecule has 1 saturated heterocycles. The van der Waals surface area contributed by atoms with Gasteiger partial charge in [0.05, 0.1) is 12.8 Å². The highest BCUT2D eigenvalue weighted by Gasteiger charge is 2.10. The molecule has 0 unspecified atom stereocenters. The minimum absolute atomic E-state index is 0.561. The van der Waals surface area contributed by atoms with Gasteiger partial charge in [0.25, 0.3) is 0 Å². The number of benzene rings is 1. The molecule has 0 atom stereocenters. The molecule has 0 saturated carbocycles. The summed E-state index contributed by atoms with van der Waals surface area (Å²) in [4.78, 5) is 13.4. The minimum Gasteiger partial charge on any atom is -0.452 e. The fourth-order valence-electron chi connectivity index (χ4n) is 2.31. The lowest BCUT2D eigenvalue weighted by Crippen LogP contribution is -2.29. The molecule has 0 aromatic heterocycles. The van der Waals surface area contributed by atoms with E-state index < -0.39 is 6.09 Å². The van der Waals surface area contributed by atoms with Crippen LogP contribution in [0, 0.1) is 0 Å². The number of piperidine rings is 1. The number of rotatable bonds is 3. The highest BCUT2D eigenvalue weighted by molar-refractivity contribution is 5.99. The molecule has 1 aromatic carbocycles. The average Bonchev–Trinajstić information content (AvgIpc) is 2.53. The number of ether oxygens (including phenoxy) is 1. The summed E-state index contributed by atoms with van der Waals surface area (Å²) in [5.41, 5.74) is 5.32. The fourth-order valence-corrected chi connectivity index (χ4v) is 2.31. The zero-order chi connectivity index (χ0) is 14.4. The standard InChI is InChI=1S/C15H21N3O2/c1-12(16-17-15(19)20-2)13-6-8-14(9-7-13)18-10-4-3-5-11-18/h6-9H,3-5,10-11H2,1-2H3,(H,17,19)/b16-12-. The van der Waals surface area contributed by atoms with Crippen molar-refractivity contribution < 1.29 is 9.53 Å². The molecule has 5 heteroatoms. The fraction of sp³-hybridized carbons (Fsp3) is 0.467. The second-order valence-electron chi connectivity index (χ2n) is 4.90. The van der Waals surface area contributed by atoms with Gasteiger partial charge in [0.2, 0.25) is 0 Å². The molecule has 1 aliphatic heterocycles. The number of carbonyl (C=O) groups excluding carboxylic acids is 1. The van der Waals surface area contributed by atoms with E-state index in [0.29, 0.717) is 0 Å². The minimum atomic E-state index is -0.561. The molecule has 2 rings (SSSR count). The monoisotopic (exact) mass is 275 g/mol. The van der Waals surface area contributed by atoms with Crippen LogP contribution in [0.1, 0.15) is 31.7 Å². The van der Waals surface area contributed by atoms with Gasteiger partial charge in [0.1, 0.15) is 0 Å². The van der Waals surface area contributed by atoms with E-state index in [1.54, 1.807) is 0 Å². The van der Waals surface area contributed by atoms with Crippen molar-refractivity contribution in [2.45, 2.75) is 26.2 Å². The van der Waals surface area contributed by atoms with E-state index in [1.807, 2.05) is 19.1 Å². The highest BCUT2D eigenvalue weighted by Crippen LogP contribution is 2.20. The molecule has 0 bridgehead atoms. The van der Waals surface area contributed by atoms with Crippen molar-refractivity contribution in [2.75, 3.05) is 25.1 Å². The molecular weight excluding hydrogens is 254 g/mol. The Balaban J connectivity index is 2.01. The van der Waals surface area contributed by atoms with Crippen LogP contribution in [-0.4, -0.2) is 32.0 Å². The van der Waals surface area contributed by atoms with E-state index in [0.717, 1.165) is 24.4 Å². The largest absolute Gasteiger partial charge is 0.452 e. The number of amides is 1. The van der Waals surface area contributed by atoms with Gasteiger partial charge in [0, 0.05) is 18.8 Å². The molecule has 0 radical (unpaired) electrons. The summed E-state index contributed by atoms with van der Waals surface area (Å²) < 4.78 is 4.47. The zero-order valence-corrected chi connectivity index (χ0v) is 12.1. The second-order valence-corrected chi connectivity index (χ2v) is 4.90. The van der Waals surface area contributed by atoms with Gasteiger partial charge in [-0.25, -0.2) is 10.2 Å². The van der Waals surface area contributed by atoms with Crippen molar-refractivity contribution in [3.05, 3.63) is 29.8 Å². The van der Waals surface area contributed by atoms with Crippen LogP contribution >= 0.6 is 0 Å². The maximum absolute atomic E-state index is 11.0. The summed E-state index contributed by atoms with van der Waals surface area (Å²) in [6.45, 7) is 4.12. The van der Waals surface area contributed by atoms with Crippen LogP contribution in [0.4, 0.5) is 10.5 Å². The molecule has 1 heterocycles. The van der Waals surface area contributed by atoms with Crippen molar-refractivity contribution >= 4 is 17.5 Å². The van der Waals surface area contributed by atoms with Crippen LogP contribution < -0.4 is 10.3 Å². The average molecular weight is 275 g/mol. The van der Waals surface area contributed by atoms with Gasteiger partial charge >= 0.3 is 6.09 Å². The van der Waals surface area contributed by atoms with Crippen molar-refractivity contribution in [1.29, 1.82) is 0 Å². The summed E-state index contributed by atoms with van der Waals surface area (Å²) >= 11 is 0. The Morgan fingerprint density at radius 3 is 2.45 bits per heavy atom. The van der Waals surface area contributed by atoms with E-state index in [9.17, 15) is 4.79 Å². The van der Waals surface area contributed by atoms with Crippen LogP contribution in [0.2, 0.25) is 0 Å². The van der Waals surface area contributed by atoms with Crippen LogP contribution in [0.3, 0.4) is 0 Å². The van der Waals surface area contributed by atoms with Crippen LogP contribution in [0.5, 0.6) is 0 Å². The Kier molecular flexibility index (Phi) is 4.98. The summed E-state index contributed by atoms with van der Waals surface area (Å²) in [5.74, 6) is 0. The second kappa shape index (κ2) is 6.93. The molecule has 1 amide bonds. The molecule has 0 spiro atoms. The van der Waals surface area contributed by atoms with Crippen LogP contribution in [0.15, 0.2) is 29.4 Å². The van der Waals surface area contributed by atoms with Gasteiger partial charge in [-0.15, -0.1) is 0 Å². The first kappa shape index (κ1) is 14.4. The van der Waals surface area contributed by atoms with Crippen LogP contribution in [-0.2, 0) is 4.74 Å². The Bertz CT molecular complexity index is 476. The summed E-state index contributed by atoms with van der Waals surface area (Å²) in [5, 5.41) is 3.99. The van der Waals surface area contributed by atoms with Gasteiger partial charge in [-0.1, -0.05) is 12.1 Å². The Labute approximate surface area is 119 Å². The Hall–Kier alpha value is -2.04. The highest BCUT2D eigenvalue weighted by atomic mass is 16.5. The molecule has 20 heavy (non-hydrogen) atoms. The van der Waals surface area contributed by atoms with Gasteiger partial charge in [-0.05, 0) is 43.9 Å². The lowest BCUT2D eigenvalue weighted by molar-refractivity contribution is 0.171. The predicted molar refractivity (Wildman–Crippen MR) is 80.3 cm³/mol. The maximum atomic E-state index is 11.0. The Morgan fingerprint density at radius 2 is 1.85 bits per heavy atom. The molecule has 1 aromatic rings. The first-order valence-electron chi connectivity index (χ1n) is 6.94. The SMILES string of the molecule is COC(=O)N/N=C(/C)c1ccc(N2CCCCC2)cc1. The predicted octanol–water partition coefficient (Wildman–Crippen LogP) is 2.76. The molecule has 1 N–H and O–H groups in total. The van der Waals surface area contributed by atoms with E-state index in [4.69, 9.17) is 0 Å². The molecule has 5 nitrogen and oxygen atoms in total. The number of anilines is 1. The molecule has 1 fully saturated rings. The van der Waals surface area contributed by atoms with Gasteiger partial charge in [-0.2, -0.15) is 5.10 Å². The van der Waals surface area contributed by atoms with E-state index in [1.165, 1.54) is 32.1 Å². The van der Waals surface area contributed by atoms with Gasteiger partial charge in [-0.3, -0.25) is 0 Å².